The summed E-state index contributed by atoms with van der Waals surface area (Å²) in [6.45, 7) is -0.275. The Morgan fingerprint density at radius 2 is 1.50 bits per heavy atom. The van der Waals surface area contributed by atoms with Crippen molar-refractivity contribution in [2.45, 2.75) is 12.0 Å². The SMILES string of the molecule is COCCOP(=O)(OCCOC)C(NC(=O)c1c(C(F)(F)F)nn(-c2ccccc2)c1Cl)c1ccccc1. The number of hydrogen-bond donors (Lipinski definition) is 1. The summed E-state index contributed by atoms with van der Waals surface area (Å²) in [5.41, 5.74) is -1.98. The minimum Gasteiger partial charge on any atom is -0.382 e. The molecule has 3 aromatic rings. The van der Waals surface area contributed by atoms with E-state index in [1.165, 1.54) is 38.5 Å². The van der Waals surface area contributed by atoms with Crippen molar-refractivity contribution in [2.24, 2.45) is 0 Å². The second-order valence-corrected chi connectivity index (χ2v) is 10.2. The quantitative estimate of drug-likeness (QED) is 0.212. The number of para-hydroxylation sites is 1. The van der Waals surface area contributed by atoms with Gasteiger partial charge in [-0.25, -0.2) is 4.68 Å². The van der Waals surface area contributed by atoms with Crippen molar-refractivity contribution in [2.75, 3.05) is 40.6 Å². The van der Waals surface area contributed by atoms with Gasteiger partial charge in [-0.3, -0.25) is 9.36 Å². The van der Waals surface area contributed by atoms with E-state index < -0.39 is 41.9 Å². The molecule has 3 rings (SSSR count). The van der Waals surface area contributed by atoms with E-state index in [0.29, 0.717) is 0 Å². The molecule has 1 N–H and O–H groups in total. The lowest BCUT2D eigenvalue weighted by atomic mass is 10.2. The van der Waals surface area contributed by atoms with Crippen molar-refractivity contribution >= 4 is 25.1 Å². The third-order valence-corrected chi connectivity index (χ3v) is 7.64. The lowest BCUT2D eigenvalue weighted by Crippen LogP contribution is -2.31. The fraction of sp³-hybridized carbons (Fsp3) is 0.333. The van der Waals surface area contributed by atoms with Crippen LogP contribution in [-0.2, 0) is 29.3 Å². The van der Waals surface area contributed by atoms with Crippen molar-refractivity contribution in [3.05, 3.63) is 82.6 Å². The second-order valence-electron chi connectivity index (χ2n) is 7.74. The highest BCUT2D eigenvalue weighted by Crippen LogP contribution is 2.59. The largest absolute Gasteiger partial charge is 0.436 e. The molecule has 1 unspecified atom stereocenters. The molecule has 0 saturated heterocycles. The fourth-order valence-electron chi connectivity index (χ4n) is 3.40. The van der Waals surface area contributed by atoms with Gasteiger partial charge in [-0.2, -0.15) is 18.3 Å². The van der Waals surface area contributed by atoms with Gasteiger partial charge in [-0.15, -0.1) is 0 Å². The van der Waals surface area contributed by atoms with Gasteiger partial charge in [0.1, 0.15) is 10.7 Å². The van der Waals surface area contributed by atoms with Crippen LogP contribution in [0.15, 0.2) is 60.7 Å². The Morgan fingerprint density at radius 3 is 2.00 bits per heavy atom. The average molecular weight is 576 g/mol. The second kappa shape index (κ2) is 13.4. The van der Waals surface area contributed by atoms with Gasteiger partial charge in [0.2, 0.25) is 0 Å². The van der Waals surface area contributed by atoms with Gasteiger partial charge in [-0.05, 0) is 17.7 Å². The predicted molar refractivity (Wildman–Crippen MR) is 133 cm³/mol. The summed E-state index contributed by atoms with van der Waals surface area (Å²) in [6, 6.07) is 15.7. The van der Waals surface area contributed by atoms with Crippen LogP contribution < -0.4 is 5.32 Å². The highest BCUT2D eigenvalue weighted by molar-refractivity contribution is 7.54. The number of hydrogen-bond acceptors (Lipinski definition) is 7. The molecule has 1 amide bonds. The smallest absolute Gasteiger partial charge is 0.382 e. The zero-order chi connectivity index (χ0) is 27.8. The van der Waals surface area contributed by atoms with E-state index in [1.54, 1.807) is 36.4 Å². The Bertz CT molecular complexity index is 1230. The Kier molecular flexibility index (Phi) is 10.5. The lowest BCUT2D eigenvalue weighted by molar-refractivity contribution is -0.141. The van der Waals surface area contributed by atoms with Gasteiger partial charge in [0.15, 0.2) is 11.5 Å². The van der Waals surface area contributed by atoms with E-state index in [4.69, 9.17) is 30.1 Å². The maximum atomic E-state index is 14.0. The molecule has 14 heteroatoms. The minimum absolute atomic E-state index is 0.0426. The number of methoxy groups -OCH3 is 2. The standard InChI is InChI=1S/C24H26ClF3N3O6P/c1-34-13-15-36-38(33,37-16-14-35-2)23(17-9-5-3-6-10-17)29-22(32)19-20(24(26,27)28)30-31(21(19)25)18-11-7-4-8-12-18/h3-12,23H,13-16H2,1-2H3,(H,29,32). The van der Waals surface area contributed by atoms with Crippen LogP contribution in [0.5, 0.6) is 0 Å². The minimum atomic E-state index is -5.02. The molecule has 38 heavy (non-hydrogen) atoms. The summed E-state index contributed by atoms with van der Waals surface area (Å²) in [5.74, 6) is -2.77. The number of carbonyl (C=O) groups excluding carboxylic acids is 1. The van der Waals surface area contributed by atoms with Crippen LogP contribution in [0.2, 0.25) is 5.15 Å². The third-order valence-electron chi connectivity index (χ3n) is 5.14. The number of carbonyl (C=O) groups is 1. The Hall–Kier alpha value is -2.73. The molecule has 0 aliphatic carbocycles. The van der Waals surface area contributed by atoms with E-state index in [0.717, 1.165) is 4.68 Å². The molecule has 206 valence electrons. The van der Waals surface area contributed by atoms with E-state index in [9.17, 15) is 22.5 Å². The summed E-state index contributed by atoms with van der Waals surface area (Å²) in [6.07, 6.45) is -5.02. The first-order valence-electron chi connectivity index (χ1n) is 11.3. The predicted octanol–water partition coefficient (Wildman–Crippen LogP) is 5.49. The van der Waals surface area contributed by atoms with Crippen LogP contribution >= 0.6 is 19.2 Å². The first kappa shape index (κ1) is 29.8. The highest BCUT2D eigenvalue weighted by Gasteiger charge is 2.44. The zero-order valence-corrected chi connectivity index (χ0v) is 22.1. The molecule has 0 aliphatic heterocycles. The number of ether oxygens (including phenoxy) is 2. The molecule has 1 atom stereocenters. The molecule has 0 spiro atoms. The van der Waals surface area contributed by atoms with Gasteiger partial charge in [-0.1, -0.05) is 60.1 Å². The van der Waals surface area contributed by atoms with Gasteiger partial charge in [0, 0.05) is 14.2 Å². The van der Waals surface area contributed by atoms with Crippen LogP contribution in [-0.4, -0.2) is 56.3 Å². The summed E-state index contributed by atoms with van der Waals surface area (Å²) < 4.78 is 77.7. The van der Waals surface area contributed by atoms with Crippen molar-refractivity contribution in [1.29, 1.82) is 0 Å². The van der Waals surface area contributed by atoms with Crippen LogP contribution in [0.4, 0.5) is 13.2 Å². The Labute approximate surface area is 222 Å². The normalized spacial score (nSPS) is 12.9. The number of nitrogens with zero attached hydrogens (tertiary/aromatic N) is 2. The van der Waals surface area contributed by atoms with Gasteiger partial charge < -0.3 is 23.8 Å². The zero-order valence-electron chi connectivity index (χ0n) is 20.5. The van der Waals surface area contributed by atoms with Gasteiger partial charge in [0.05, 0.1) is 32.1 Å². The van der Waals surface area contributed by atoms with Gasteiger partial charge in [0.25, 0.3) is 5.91 Å². The van der Waals surface area contributed by atoms with Crippen LogP contribution in [0.3, 0.4) is 0 Å². The Morgan fingerprint density at radius 1 is 0.974 bits per heavy atom. The lowest BCUT2D eigenvalue weighted by Gasteiger charge is -2.28. The molecule has 0 radical (unpaired) electrons. The van der Waals surface area contributed by atoms with Crippen molar-refractivity contribution in [3.8, 4) is 5.69 Å². The topological polar surface area (TPSA) is 101 Å². The number of alkyl halides is 3. The molecule has 1 aromatic heterocycles. The maximum Gasteiger partial charge on any atom is 0.436 e. The van der Waals surface area contributed by atoms with E-state index >= 15 is 0 Å². The van der Waals surface area contributed by atoms with Crippen molar-refractivity contribution in [3.63, 3.8) is 0 Å². The van der Waals surface area contributed by atoms with Crippen LogP contribution in [0.1, 0.15) is 27.4 Å². The van der Waals surface area contributed by atoms with Crippen molar-refractivity contribution < 1.29 is 41.1 Å². The molecular formula is C24H26ClF3N3O6P. The van der Waals surface area contributed by atoms with Crippen LogP contribution in [0.25, 0.3) is 5.69 Å². The molecule has 1 heterocycles. The third kappa shape index (κ3) is 7.22. The maximum absolute atomic E-state index is 14.0. The monoisotopic (exact) mass is 575 g/mol. The molecule has 9 nitrogen and oxygen atoms in total. The van der Waals surface area contributed by atoms with Crippen LogP contribution in [0, 0.1) is 0 Å². The number of halogens is 4. The summed E-state index contributed by atoms with van der Waals surface area (Å²) in [5, 5.41) is 5.38. The van der Waals surface area contributed by atoms with Gasteiger partial charge >= 0.3 is 13.8 Å². The van der Waals surface area contributed by atoms with E-state index in [-0.39, 0.29) is 37.7 Å². The first-order valence-corrected chi connectivity index (χ1v) is 13.2. The first-order chi connectivity index (χ1) is 18.1. The summed E-state index contributed by atoms with van der Waals surface area (Å²) in [7, 11) is -1.44. The highest BCUT2D eigenvalue weighted by atomic mass is 35.5. The van der Waals surface area contributed by atoms with E-state index in [2.05, 4.69) is 10.4 Å². The number of nitrogens with one attached hydrogen (secondary N) is 1. The summed E-state index contributed by atoms with van der Waals surface area (Å²) in [4.78, 5) is 13.4. The molecular weight excluding hydrogens is 550 g/mol. The summed E-state index contributed by atoms with van der Waals surface area (Å²) >= 11 is 6.29. The number of aromatic nitrogens is 2. The molecule has 0 bridgehead atoms. The van der Waals surface area contributed by atoms with Crippen molar-refractivity contribution in [1.82, 2.24) is 15.1 Å². The number of amides is 1. The molecule has 0 saturated carbocycles. The average Bonchev–Trinajstić information content (AvgIpc) is 3.26. The molecule has 2 aromatic carbocycles. The Balaban J connectivity index is 2.08. The fourth-order valence-corrected chi connectivity index (χ4v) is 5.55. The molecule has 0 fully saturated rings. The number of rotatable bonds is 13. The molecule has 0 aliphatic rings. The number of benzene rings is 2. The van der Waals surface area contributed by atoms with E-state index in [1.807, 2.05) is 0 Å².